The highest BCUT2D eigenvalue weighted by Gasteiger charge is 2.28. The van der Waals surface area contributed by atoms with Crippen molar-refractivity contribution < 1.29 is 22.4 Å². The van der Waals surface area contributed by atoms with Crippen molar-refractivity contribution in [2.75, 3.05) is 18.3 Å². The lowest BCUT2D eigenvalue weighted by Gasteiger charge is -2.13. The molecule has 0 aromatic heterocycles. The van der Waals surface area contributed by atoms with Crippen LogP contribution in [0.4, 0.5) is 10.1 Å². The minimum Gasteiger partial charge on any atom is -0.347 e. The molecule has 0 bridgehead atoms. The van der Waals surface area contributed by atoms with Crippen molar-refractivity contribution in [3.8, 4) is 0 Å². The van der Waals surface area contributed by atoms with Crippen molar-refractivity contribution in [3.05, 3.63) is 59.4 Å². The first-order valence-electron chi connectivity index (χ1n) is 8.59. The van der Waals surface area contributed by atoms with Crippen LogP contribution in [0.5, 0.6) is 0 Å². The maximum atomic E-state index is 13.7. The highest BCUT2D eigenvalue weighted by Crippen LogP contribution is 2.20. The highest BCUT2D eigenvalue weighted by molar-refractivity contribution is 7.92. The van der Waals surface area contributed by atoms with E-state index in [1.54, 1.807) is 13.1 Å². The van der Waals surface area contributed by atoms with Crippen molar-refractivity contribution in [3.63, 3.8) is 0 Å². The summed E-state index contributed by atoms with van der Waals surface area (Å²) in [6.07, 6.45) is 0.230. The average molecular weight is 405 g/mol. The van der Waals surface area contributed by atoms with Gasteiger partial charge in [-0.25, -0.2) is 12.8 Å². The van der Waals surface area contributed by atoms with E-state index >= 15 is 0 Å². The van der Waals surface area contributed by atoms with Gasteiger partial charge in [-0.3, -0.25) is 14.3 Å². The molecule has 1 atom stereocenters. The zero-order valence-corrected chi connectivity index (χ0v) is 16.2. The van der Waals surface area contributed by atoms with E-state index in [1.165, 1.54) is 42.2 Å². The van der Waals surface area contributed by atoms with Crippen LogP contribution in [0.3, 0.4) is 0 Å². The second-order valence-corrected chi connectivity index (χ2v) is 8.43. The maximum Gasteiger partial charge on any atom is 0.261 e. The molecule has 0 aliphatic carbocycles. The van der Waals surface area contributed by atoms with E-state index in [4.69, 9.17) is 0 Å². The minimum absolute atomic E-state index is 0.0443. The zero-order chi connectivity index (χ0) is 20.5. The van der Waals surface area contributed by atoms with Crippen LogP contribution >= 0.6 is 0 Å². The van der Waals surface area contributed by atoms with Gasteiger partial charge in [0.2, 0.25) is 5.91 Å². The Morgan fingerprint density at radius 2 is 1.96 bits per heavy atom. The maximum absolute atomic E-state index is 13.7. The third-order valence-electron chi connectivity index (χ3n) is 4.51. The van der Waals surface area contributed by atoms with E-state index < -0.39 is 21.7 Å². The smallest absolute Gasteiger partial charge is 0.261 e. The second kappa shape index (κ2) is 7.59. The van der Waals surface area contributed by atoms with Gasteiger partial charge in [0.25, 0.3) is 15.9 Å². The molecule has 0 spiro atoms. The fourth-order valence-corrected chi connectivity index (χ4v) is 3.97. The number of hydrogen-bond acceptors (Lipinski definition) is 4. The summed E-state index contributed by atoms with van der Waals surface area (Å²) in [6, 6.07) is 9.30. The molecule has 0 unspecified atom stereocenters. The number of carbonyl (C=O) groups excluding carboxylic acids is 2. The average Bonchev–Trinajstić information content (AvgIpc) is 2.94. The van der Waals surface area contributed by atoms with E-state index in [0.29, 0.717) is 12.1 Å². The van der Waals surface area contributed by atoms with Gasteiger partial charge in [-0.15, -0.1) is 0 Å². The Hall–Kier alpha value is -2.94. The zero-order valence-electron chi connectivity index (χ0n) is 15.4. The number of aryl methyl sites for hydroxylation is 1. The monoisotopic (exact) mass is 405 g/mol. The summed E-state index contributed by atoms with van der Waals surface area (Å²) in [7, 11) is -2.34. The van der Waals surface area contributed by atoms with Crippen molar-refractivity contribution >= 4 is 27.5 Å². The molecule has 1 fully saturated rings. The second-order valence-electron chi connectivity index (χ2n) is 6.75. The Morgan fingerprint density at radius 3 is 2.61 bits per heavy atom. The van der Waals surface area contributed by atoms with Gasteiger partial charge in [0.15, 0.2) is 0 Å². The number of hydrogen-bond donors (Lipinski definition) is 2. The third-order valence-corrected chi connectivity index (χ3v) is 5.89. The van der Waals surface area contributed by atoms with Crippen LogP contribution in [-0.2, 0) is 14.8 Å². The number of likely N-dealkylation sites (N-methyl/N-ethyl adjacent to an activating group) is 1. The molecule has 7 nitrogen and oxygen atoms in total. The number of rotatable bonds is 5. The lowest BCUT2D eigenvalue weighted by Crippen LogP contribution is -2.36. The number of benzene rings is 2. The topological polar surface area (TPSA) is 95.6 Å². The van der Waals surface area contributed by atoms with E-state index in [2.05, 4.69) is 10.0 Å². The Balaban J connectivity index is 1.74. The number of carbonyl (C=O) groups is 2. The summed E-state index contributed by atoms with van der Waals surface area (Å²) in [5, 5.41) is 2.76. The fourth-order valence-electron chi connectivity index (χ4n) is 2.91. The van der Waals surface area contributed by atoms with E-state index in [1.807, 2.05) is 0 Å². The number of nitrogens with zero attached hydrogens (tertiary/aromatic N) is 1. The number of sulfonamides is 1. The number of halogens is 1. The molecule has 2 N–H and O–H groups in total. The first kappa shape index (κ1) is 19.8. The molecule has 1 aliphatic rings. The Bertz CT molecular complexity index is 1040. The Kier molecular flexibility index (Phi) is 5.37. The van der Waals surface area contributed by atoms with Crippen molar-refractivity contribution in [2.24, 2.45) is 0 Å². The molecule has 148 valence electrons. The Labute approximate surface area is 162 Å². The van der Waals surface area contributed by atoms with E-state index in [9.17, 15) is 22.4 Å². The molecule has 2 aromatic carbocycles. The van der Waals surface area contributed by atoms with Crippen LogP contribution in [0.1, 0.15) is 22.3 Å². The first-order valence-corrected chi connectivity index (χ1v) is 10.1. The van der Waals surface area contributed by atoms with Gasteiger partial charge in [0.1, 0.15) is 5.82 Å². The van der Waals surface area contributed by atoms with Gasteiger partial charge in [-0.1, -0.05) is 12.1 Å². The van der Waals surface area contributed by atoms with E-state index in [-0.39, 0.29) is 34.5 Å². The molecule has 3 rings (SSSR count). The molecule has 28 heavy (non-hydrogen) atoms. The summed E-state index contributed by atoms with van der Waals surface area (Å²) in [4.78, 5) is 25.3. The summed E-state index contributed by atoms with van der Waals surface area (Å²) < 4.78 is 41.0. The van der Waals surface area contributed by atoms with Crippen LogP contribution < -0.4 is 10.0 Å². The first-order chi connectivity index (χ1) is 13.2. The van der Waals surface area contributed by atoms with Gasteiger partial charge in [0, 0.05) is 31.3 Å². The molecule has 2 aromatic rings. The molecule has 0 saturated carbocycles. The molecule has 0 radical (unpaired) electrons. The van der Waals surface area contributed by atoms with Crippen LogP contribution in [0, 0.1) is 12.7 Å². The summed E-state index contributed by atoms with van der Waals surface area (Å²) >= 11 is 0. The Morgan fingerprint density at radius 1 is 1.21 bits per heavy atom. The minimum atomic E-state index is -4.01. The van der Waals surface area contributed by atoms with Crippen LogP contribution in [0.2, 0.25) is 0 Å². The standard InChI is InChI=1S/C19H20FN3O4S/c1-12-6-7-16(10-17(12)20)28(26,27)22-14-5-3-4-13(8-14)19(25)21-15-9-18(24)23(2)11-15/h3-8,10,15,22H,9,11H2,1-2H3,(H,21,25)/t15-/m1/s1. The fraction of sp³-hybridized carbons (Fsp3) is 0.263. The van der Waals surface area contributed by atoms with Gasteiger partial charge in [0.05, 0.1) is 10.9 Å². The molecule has 2 amide bonds. The summed E-state index contributed by atoms with van der Waals surface area (Å²) in [6.45, 7) is 1.97. The predicted molar refractivity (Wildman–Crippen MR) is 102 cm³/mol. The third kappa shape index (κ3) is 4.30. The molecule has 1 aliphatic heterocycles. The van der Waals surface area contributed by atoms with Crippen LogP contribution in [0.25, 0.3) is 0 Å². The van der Waals surface area contributed by atoms with Crippen LogP contribution in [0.15, 0.2) is 47.4 Å². The molecular weight excluding hydrogens is 385 g/mol. The number of likely N-dealkylation sites (tertiary alicyclic amines) is 1. The lowest BCUT2D eigenvalue weighted by molar-refractivity contribution is -0.126. The number of anilines is 1. The molecule has 1 heterocycles. The molecule has 1 saturated heterocycles. The summed E-state index contributed by atoms with van der Waals surface area (Å²) in [5.74, 6) is -1.07. The number of amides is 2. The van der Waals surface area contributed by atoms with Crippen LogP contribution in [-0.4, -0.2) is 44.8 Å². The van der Waals surface area contributed by atoms with E-state index in [0.717, 1.165) is 6.07 Å². The normalized spacial score (nSPS) is 16.9. The molecular formula is C19H20FN3O4S. The quantitative estimate of drug-likeness (QED) is 0.794. The predicted octanol–water partition coefficient (Wildman–Crippen LogP) is 1.90. The van der Waals surface area contributed by atoms with Gasteiger partial charge >= 0.3 is 0 Å². The van der Waals surface area contributed by atoms with Gasteiger partial charge in [-0.2, -0.15) is 0 Å². The van der Waals surface area contributed by atoms with Gasteiger partial charge in [-0.05, 0) is 42.8 Å². The molecule has 9 heteroatoms. The largest absolute Gasteiger partial charge is 0.347 e. The highest BCUT2D eigenvalue weighted by atomic mass is 32.2. The van der Waals surface area contributed by atoms with Crippen molar-refractivity contribution in [2.45, 2.75) is 24.3 Å². The van der Waals surface area contributed by atoms with Crippen molar-refractivity contribution in [1.82, 2.24) is 10.2 Å². The van der Waals surface area contributed by atoms with Crippen molar-refractivity contribution in [1.29, 1.82) is 0 Å². The SMILES string of the molecule is Cc1ccc(S(=O)(=O)Nc2cccc(C(=O)N[C@@H]3CC(=O)N(C)C3)c2)cc1F. The number of nitrogens with one attached hydrogen (secondary N) is 2. The van der Waals surface area contributed by atoms with Gasteiger partial charge < -0.3 is 10.2 Å². The lowest BCUT2D eigenvalue weighted by atomic mass is 10.1. The summed E-state index contributed by atoms with van der Waals surface area (Å²) in [5.41, 5.74) is 0.763.